The molecule has 0 amide bonds. The smallest absolute Gasteiger partial charge is 0.250 e. The van der Waals surface area contributed by atoms with E-state index in [1.54, 1.807) is 23.1 Å². The average Bonchev–Trinajstić information content (AvgIpc) is 3.12. The van der Waals surface area contributed by atoms with Crippen molar-refractivity contribution in [2.24, 2.45) is 0 Å². The molecule has 4 rings (SSSR count). The van der Waals surface area contributed by atoms with Gasteiger partial charge in [0, 0.05) is 61.4 Å². The third kappa shape index (κ3) is 4.33. The van der Waals surface area contributed by atoms with Crippen molar-refractivity contribution in [2.75, 3.05) is 37.6 Å². The summed E-state index contributed by atoms with van der Waals surface area (Å²) in [4.78, 5) is 13.4. The highest BCUT2D eigenvalue weighted by molar-refractivity contribution is 6.31. The molecule has 1 aromatic carbocycles. The summed E-state index contributed by atoms with van der Waals surface area (Å²) in [5, 5.41) is 5.26. The van der Waals surface area contributed by atoms with Gasteiger partial charge < -0.3 is 4.90 Å². The average molecular weight is 409 g/mol. The molecule has 7 heteroatoms. The number of piperazine rings is 1. The fourth-order valence-corrected chi connectivity index (χ4v) is 3.80. The molecule has 3 aromatic rings. The van der Waals surface area contributed by atoms with Crippen molar-refractivity contribution >= 4 is 23.4 Å². The third-order valence-electron chi connectivity index (χ3n) is 5.40. The molecule has 0 spiro atoms. The van der Waals surface area contributed by atoms with Gasteiger partial charge in [-0.15, -0.1) is 0 Å². The molecule has 0 saturated carbocycles. The van der Waals surface area contributed by atoms with Gasteiger partial charge in [-0.2, -0.15) is 5.10 Å². The van der Waals surface area contributed by atoms with E-state index in [1.807, 2.05) is 25.3 Å². The van der Waals surface area contributed by atoms with E-state index in [-0.39, 0.29) is 0 Å². The largest absolute Gasteiger partial charge is 0.369 e. The molecule has 0 radical (unpaired) electrons. The summed E-state index contributed by atoms with van der Waals surface area (Å²) in [6, 6.07) is 7.95. The first-order valence-corrected chi connectivity index (χ1v) is 10.2. The van der Waals surface area contributed by atoms with Crippen molar-refractivity contribution in [3.63, 3.8) is 0 Å². The molecule has 0 aliphatic carbocycles. The SMILES string of the molecule is Cc1c(Cl)cccc1N1CCN(CC=Cc2cnn(-c3ncccn3)c2C)CC1. The van der Waals surface area contributed by atoms with Crippen molar-refractivity contribution in [1.29, 1.82) is 0 Å². The lowest BCUT2D eigenvalue weighted by atomic mass is 10.1. The van der Waals surface area contributed by atoms with Crippen LogP contribution in [-0.2, 0) is 0 Å². The molecule has 29 heavy (non-hydrogen) atoms. The predicted molar refractivity (Wildman–Crippen MR) is 118 cm³/mol. The van der Waals surface area contributed by atoms with Crippen molar-refractivity contribution in [3.8, 4) is 5.95 Å². The lowest BCUT2D eigenvalue weighted by molar-refractivity contribution is 0.284. The Bertz CT molecular complexity index is 990. The zero-order valence-electron chi connectivity index (χ0n) is 16.8. The summed E-state index contributed by atoms with van der Waals surface area (Å²) in [5.41, 5.74) is 4.54. The minimum absolute atomic E-state index is 0.595. The Morgan fingerprint density at radius 2 is 1.79 bits per heavy atom. The van der Waals surface area contributed by atoms with Crippen LogP contribution >= 0.6 is 11.6 Å². The number of rotatable bonds is 5. The lowest BCUT2D eigenvalue weighted by Crippen LogP contribution is -2.46. The van der Waals surface area contributed by atoms with E-state index in [1.165, 1.54) is 5.69 Å². The van der Waals surface area contributed by atoms with Crippen LogP contribution in [0.25, 0.3) is 12.0 Å². The van der Waals surface area contributed by atoms with E-state index in [0.717, 1.165) is 54.6 Å². The van der Waals surface area contributed by atoms with Crippen LogP contribution in [0.15, 0.2) is 48.9 Å². The molecule has 1 saturated heterocycles. The first kappa shape index (κ1) is 19.6. The lowest BCUT2D eigenvalue weighted by Gasteiger charge is -2.36. The standard InChI is InChI=1S/C22H25ClN6/c1-17-20(23)7-3-8-21(17)28-14-12-27(13-15-28)11-4-6-19-16-26-29(18(19)2)22-24-9-5-10-25-22/h3-10,16H,11-15H2,1-2H3. The second kappa shape index (κ2) is 8.76. The second-order valence-electron chi connectivity index (χ2n) is 7.22. The van der Waals surface area contributed by atoms with Gasteiger partial charge in [0.05, 0.1) is 11.9 Å². The summed E-state index contributed by atoms with van der Waals surface area (Å²) in [7, 11) is 0. The zero-order chi connectivity index (χ0) is 20.2. The molecule has 3 heterocycles. The number of hydrogen-bond donors (Lipinski definition) is 0. The molecule has 0 atom stereocenters. The maximum atomic E-state index is 6.28. The highest BCUT2D eigenvalue weighted by Crippen LogP contribution is 2.27. The maximum Gasteiger partial charge on any atom is 0.250 e. The van der Waals surface area contributed by atoms with Crippen LogP contribution in [0.4, 0.5) is 5.69 Å². The van der Waals surface area contributed by atoms with Gasteiger partial charge >= 0.3 is 0 Å². The fourth-order valence-electron chi connectivity index (χ4n) is 3.63. The van der Waals surface area contributed by atoms with E-state index in [9.17, 15) is 0 Å². The minimum Gasteiger partial charge on any atom is -0.369 e. The van der Waals surface area contributed by atoms with Crippen LogP contribution in [0.3, 0.4) is 0 Å². The van der Waals surface area contributed by atoms with Gasteiger partial charge in [-0.3, -0.25) is 4.90 Å². The van der Waals surface area contributed by atoms with Crippen molar-refractivity contribution in [1.82, 2.24) is 24.6 Å². The maximum absolute atomic E-state index is 6.28. The Labute approximate surface area is 176 Å². The molecule has 0 bridgehead atoms. The Kier molecular flexibility index (Phi) is 5.92. The van der Waals surface area contributed by atoms with Crippen molar-refractivity contribution < 1.29 is 0 Å². The van der Waals surface area contributed by atoms with Gasteiger partial charge in [0.1, 0.15) is 0 Å². The number of benzene rings is 1. The van der Waals surface area contributed by atoms with Crippen LogP contribution in [0, 0.1) is 13.8 Å². The van der Waals surface area contributed by atoms with Gasteiger partial charge in [0.25, 0.3) is 5.95 Å². The number of nitrogens with zero attached hydrogens (tertiary/aromatic N) is 6. The first-order valence-electron chi connectivity index (χ1n) is 9.84. The van der Waals surface area contributed by atoms with E-state index < -0.39 is 0 Å². The summed E-state index contributed by atoms with van der Waals surface area (Å²) < 4.78 is 1.77. The minimum atomic E-state index is 0.595. The highest BCUT2D eigenvalue weighted by Gasteiger charge is 2.18. The molecular weight excluding hydrogens is 384 g/mol. The predicted octanol–water partition coefficient (Wildman–Crippen LogP) is 3.77. The number of aromatic nitrogens is 4. The molecule has 1 fully saturated rings. The van der Waals surface area contributed by atoms with Gasteiger partial charge in [0.15, 0.2) is 0 Å². The van der Waals surface area contributed by atoms with E-state index in [0.29, 0.717) is 5.95 Å². The monoisotopic (exact) mass is 408 g/mol. The Hall–Kier alpha value is -2.70. The Morgan fingerprint density at radius 1 is 1.03 bits per heavy atom. The normalized spacial score (nSPS) is 15.3. The Morgan fingerprint density at radius 3 is 2.55 bits per heavy atom. The molecule has 6 nitrogen and oxygen atoms in total. The van der Waals surface area contributed by atoms with Crippen LogP contribution in [0.1, 0.15) is 16.8 Å². The van der Waals surface area contributed by atoms with Gasteiger partial charge in [-0.05, 0) is 37.6 Å². The zero-order valence-corrected chi connectivity index (χ0v) is 17.5. The topological polar surface area (TPSA) is 50.1 Å². The van der Waals surface area contributed by atoms with Crippen molar-refractivity contribution in [2.45, 2.75) is 13.8 Å². The molecule has 150 valence electrons. The third-order valence-corrected chi connectivity index (χ3v) is 5.81. The number of halogens is 1. The Balaban J connectivity index is 1.33. The summed E-state index contributed by atoms with van der Waals surface area (Å²) in [5.74, 6) is 0.595. The molecule has 1 aliphatic rings. The molecule has 1 aliphatic heterocycles. The number of hydrogen-bond acceptors (Lipinski definition) is 5. The van der Waals surface area contributed by atoms with E-state index in [4.69, 9.17) is 11.6 Å². The van der Waals surface area contributed by atoms with Crippen LogP contribution in [0.5, 0.6) is 0 Å². The highest BCUT2D eigenvalue weighted by atomic mass is 35.5. The molecule has 0 unspecified atom stereocenters. The van der Waals surface area contributed by atoms with E-state index in [2.05, 4.69) is 50.0 Å². The summed E-state index contributed by atoms with van der Waals surface area (Å²) in [6.45, 7) is 9.15. The van der Waals surface area contributed by atoms with Gasteiger partial charge in [0.2, 0.25) is 0 Å². The summed E-state index contributed by atoms with van der Waals surface area (Å²) >= 11 is 6.28. The quantitative estimate of drug-likeness (QED) is 0.643. The van der Waals surface area contributed by atoms with Crippen LogP contribution in [-0.4, -0.2) is 57.4 Å². The molecule has 2 aromatic heterocycles. The van der Waals surface area contributed by atoms with Crippen molar-refractivity contribution in [3.05, 3.63) is 70.8 Å². The van der Waals surface area contributed by atoms with E-state index >= 15 is 0 Å². The molecular formula is C22H25ClN6. The number of anilines is 1. The first-order chi connectivity index (χ1) is 14.1. The van der Waals surface area contributed by atoms with Crippen LogP contribution < -0.4 is 4.90 Å². The fraction of sp³-hybridized carbons (Fsp3) is 0.318. The van der Waals surface area contributed by atoms with Gasteiger partial charge in [-0.1, -0.05) is 29.8 Å². The molecule has 0 N–H and O–H groups in total. The second-order valence-corrected chi connectivity index (χ2v) is 7.63. The summed E-state index contributed by atoms with van der Waals surface area (Å²) in [6.07, 6.45) is 9.66. The van der Waals surface area contributed by atoms with Gasteiger partial charge in [-0.25, -0.2) is 14.6 Å². The van der Waals surface area contributed by atoms with Crippen LogP contribution in [0.2, 0.25) is 5.02 Å².